The first kappa shape index (κ1) is 28.1. The molecule has 0 aromatic heterocycles. The van der Waals surface area contributed by atoms with Gasteiger partial charge < -0.3 is 9.16 Å². The standard InChI is InChI=1S/C31H52O4Si/c1-21(32)35-28-15-14-27-29-22(11-9-8-10-18-34-36(6,7)30(2,3)4)19-23-20-24(33)12-13-25(23)26(29)16-17-31(27,28)5/h20,22,25-29H,8-19H2,1-7H3/t22-,25?,26?,27?,28+,29?,31+/m1/s1. The van der Waals surface area contributed by atoms with E-state index in [2.05, 4.69) is 40.8 Å². The summed E-state index contributed by atoms with van der Waals surface area (Å²) in [6.45, 7) is 16.5. The molecule has 4 aliphatic carbocycles. The van der Waals surface area contributed by atoms with Crippen LogP contribution in [0.4, 0.5) is 0 Å². The number of carbonyl (C=O) groups excluding carboxylic acids is 2. The van der Waals surface area contributed by atoms with Crippen molar-refractivity contribution in [1.29, 1.82) is 0 Å². The highest BCUT2D eigenvalue weighted by molar-refractivity contribution is 6.74. The Balaban J connectivity index is 1.42. The number of hydrogen-bond acceptors (Lipinski definition) is 4. The van der Waals surface area contributed by atoms with E-state index in [1.807, 2.05) is 6.08 Å². The van der Waals surface area contributed by atoms with Gasteiger partial charge in [-0.1, -0.05) is 46.1 Å². The van der Waals surface area contributed by atoms with Gasteiger partial charge in [-0.05, 0) is 105 Å². The maximum atomic E-state index is 12.3. The van der Waals surface area contributed by atoms with Crippen molar-refractivity contribution in [3.8, 4) is 0 Å². The quantitative estimate of drug-likeness (QED) is 0.187. The van der Waals surface area contributed by atoms with Crippen LogP contribution in [0, 0.1) is 35.0 Å². The predicted octanol–water partition coefficient (Wildman–Crippen LogP) is 7.87. The third kappa shape index (κ3) is 5.58. The molecular formula is C31H52O4Si. The van der Waals surface area contributed by atoms with Gasteiger partial charge in [-0.25, -0.2) is 0 Å². The van der Waals surface area contributed by atoms with E-state index in [-0.39, 0.29) is 22.5 Å². The molecule has 4 unspecified atom stereocenters. The summed E-state index contributed by atoms with van der Waals surface area (Å²) in [6, 6.07) is 0. The van der Waals surface area contributed by atoms with Crippen LogP contribution in [0.5, 0.6) is 0 Å². The lowest BCUT2D eigenvalue weighted by atomic mass is 9.49. The van der Waals surface area contributed by atoms with Crippen LogP contribution < -0.4 is 0 Å². The number of hydrogen-bond donors (Lipinski definition) is 0. The monoisotopic (exact) mass is 516 g/mol. The largest absolute Gasteiger partial charge is 0.462 e. The van der Waals surface area contributed by atoms with E-state index >= 15 is 0 Å². The smallest absolute Gasteiger partial charge is 0.302 e. The number of esters is 1. The fourth-order valence-electron chi connectivity index (χ4n) is 8.25. The Kier molecular flexibility index (Phi) is 8.32. The molecule has 0 N–H and O–H groups in total. The van der Waals surface area contributed by atoms with Crippen molar-refractivity contribution in [1.82, 2.24) is 0 Å². The number of carbonyl (C=O) groups is 2. The molecule has 0 radical (unpaired) electrons. The topological polar surface area (TPSA) is 52.6 Å². The maximum Gasteiger partial charge on any atom is 0.302 e. The highest BCUT2D eigenvalue weighted by atomic mass is 28.4. The fourth-order valence-corrected chi connectivity index (χ4v) is 9.34. The molecule has 0 spiro atoms. The van der Waals surface area contributed by atoms with Crippen LogP contribution in [0.25, 0.3) is 0 Å². The molecule has 4 nitrogen and oxygen atoms in total. The minimum atomic E-state index is -1.66. The Hall–Kier alpha value is -0.943. The molecule has 4 aliphatic rings. The van der Waals surface area contributed by atoms with Crippen molar-refractivity contribution in [3.63, 3.8) is 0 Å². The van der Waals surface area contributed by atoms with E-state index in [1.54, 1.807) is 6.92 Å². The summed E-state index contributed by atoms with van der Waals surface area (Å²) in [6.07, 6.45) is 14.5. The second kappa shape index (κ2) is 10.7. The molecule has 0 saturated heterocycles. The van der Waals surface area contributed by atoms with Gasteiger partial charge in [-0.2, -0.15) is 0 Å². The van der Waals surface area contributed by atoms with Crippen LogP contribution in [0.1, 0.15) is 105 Å². The van der Waals surface area contributed by atoms with Crippen molar-refractivity contribution in [2.45, 2.75) is 129 Å². The SMILES string of the molecule is CC(=O)O[C@H]1CCC2C3C(CC[C@@]21C)C1CCC(=O)C=C1C[C@H]3CCCCCO[Si](C)(C)C(C)(C)C. The van der Waals surface area contributed by atoms with Crippen molar-refractivity contribution in [3.05, 3.63) is 11.6 Å². The van der Waals surface area contributed by atoms with E-state index in [0.717, 1.165) is 45.1 Å². The third-order valence-electron chi connectivity index (χ3n) is 11.2. The highest BCUT2D eigenvalue weighted by Crippen LogP contribution is 2.64. The Labute approximate surface area is 221 Å². The molecule has 0 aliphatic heterocycles. The zero-order valence-corrected chi connectivity index (χ0v) is 25.2. The minimum absolute atomic E-state index is 0.0824. The average Bonchev–Trinajstić information content (AvgIpc) is 3.10. The highest BCUT2D eigenvalue weighted by Gasteiger charge is 2.59. The van der Waals surface area contributed by atoms with Gasteiger partial charge in [0.05, 0.1) is 0 Å². The Morgan fingerprint density at radius 3 is 2.56 bits per heavy atom. The summed E-state index contributed by atoms with van der Waals surface area (Å²) < 4.78 is 12.3. The van der Waals surface area contributed by atoms with E-state index in [9.17, 15) is 9.59 Å². The minimum Gasteiger partial charge on any atom is -0.462 e. The number of fused-ring (bicyclic) bond motifs is 5. The van der Waals surface area contributed by atoms with Crippen LogP contribution in [-0.2, 0) is 18.8 Å². The van der Waals surface area contributed by atoms with Gasteiger partial charge >= 0.3 is 5.97 Å². The molecule has 5 heteroatoms. The van der Waals surface area contributed by atoms with Crippen molar-refractivity contribution in [2.75, 3.05) is 6.61 Å². The summed E-state index contributed by atoms with van der Waals surface area (Å²) in [5.41, 5.74) is 1.59. The second-order valence-electron chi connectivity index (χ2n) is 14.3. The molecule has 0 amide bonds. The molecular weight excluding hydrogens is 464 g/mol. The van der Waals surface area contributed by atoms with Gasteiger partial charge in [-0.3, -0.25) is 9.59 Å². The molecule has 7 atom stereocenters. The Morgan fingerprint density at radius 2 is 1.86 bits per heavy atom. The van der Waals surface area contributed by atoms with Crippen LogP contribution >= 0.6 is 0 Å². The molecule has 0 aromatic carbocycles. The fraction of sp³-hybridized carbons (Fsp3) is 0.871. The molecule has 4 rings (SSSR count). The van der Waals surface area contributed by atoms with Crippen LogP contribution in [0.15, 0.2) is 11.6 Å². The molecule has 3 fully saturated rings. The zero-order valence-electron chi connectivity index (χ0n) is 24.2. The van der Waals surface area contributed by atoms with E-state index in [1.165, 1.54) is 37.7 Å². The summed E-state index contributed by atoms with van der Waals surface area (Å²) in [7, 11) is -1.66. The van der Waals surface area contributed by atoms with Gasteiger partial charge in [0, 0.05) is 25.4 Å². The summed E-state index contributed by atoms with van der Waals surface area (Å²) in [5.74, 6) is 3.55. The lowest BCUT2D eigenvalue weighted by Crippen LogP contribution is -2.51. The summed E-state index contributed by atoms with van der Waals surface area (Å²) in [5, 5.41) is 0.269. The molecule has 36 heavy (non-hydrogen) atoms. The molecule has 0 aromatic rings. The van der Waals surface area contributed by atoms with E-state index in [4.69, 9.17) is 9.16 Å². The molecule has 0 heterocycles. The van der Waals surface area contributed by atoms with Gasteiger partial charge in [0.1, 0.15) is 6.10 Å². The first-order valence-electron chi connectivity index (χ1n) is 14.9. The molecule has 3 saturated carbocycles. The van der Waals surface area contributed by atoms with Gasteiger partial charge in [0.25, 0.3) is 0 Å². The maximum absolute atomic E-state index is 12.3. The van der Waals surface area contributed by atoms with Crippen LogP contribution in [-0.4, -0.2) is 32.8 Å². The molecule has 204 valence electrons. The Bertz CT molecular complexity index is 855. The number of rotatable bonds is 8. The number of unbranched alkanes of at least 4 members (excludes halogenated alkanes) is 2. The summed E-state index contributed by atoms with van der Waals surface area (Å²) >= 11 is 0. The first-order chi connectivity index (χ1) is 16.8. The van der Waals surface area contributed by atoms with Crippen LogP contribution in [0.3, 0.4) is 0 Å². The summed E-state index contributed by atoms with van der Waals surface area (Å²) in [4.78, 5) is 24.2. The number of ketones is 1. The van der Waals surface area contributed by atoms with Crippen molar-refractivity contribution in [2.24, 2.45) is 35.0 Å². The second-order valence-corrected chi connectivity index (χ2v) is 19.1. The predicted molar refractivity (Wildman–Crippen MR) is 148 cm³/mol. The Morgan fingerprint density at radius 1 is 1.11 bits per heavy atom. The normalized spacial score (nSPS) is 36.5. The van der Waals surface area contributed by atoms with Gasteiger partial charge in [0.15, 0.2) is 14.1 Å². The van der Waals surface area contributed by atoms with E-state index < -0.39 is 8.32 Å². The van der Waals surface area contributed by atoms with E-state index in [0.29, 0.717) is 35.4 Å². The third-order valence-corrected chi connectivity index (χ3v) is 15.7. The van der Waals surface area contributed by atoms with Crippen molar-refractivity contribution >= 4 is 20.1 Å². The van der Waals surface area contributed by atoms with Gasteiger partial charge in [-0.15, -0.1) is 0 Å². The lowest BCUT2D eigenvalue weighted by molar-refractivity contribution is -0.157. The first-order valence-corrected chi connectivity index (χ1v) is 17.8. The zero-order chi connectivity index (χ0) is 26.3. The lowest BCUT2D eigenvalue weighted by Gasteiger charge is -2.56. The number of ether oxygens (including phenoxy) is 1. The number of allylic oxidation sites excluding steroid dienone is 1. The van der Waals surface area contributed by atoms with Gasteiger partial charge in [0.2, 0.25) is 0 Å². The average molecular weight is 517 g/mol. The van der Waals surface area contributed by atoms with Crippen molar-refractivity contribution < 1.29 is 18.8 Å². The van der Waals surface area contributed by atoms with Crippen LogP contribution in [0.2, 0.25) is 18.1 Å². The molecule has 0 bridgehead atoms.